The number of rotatable bonds is 3. The molecule has 1 aromatic rings. The zero-order valence-electron chi connectivity index (χ0n) is 7.92. The van der Waals surface area contributed by atoms with Crippen LogP contribution in [0.1, 0.15) is 17.3 Å². The molecule has 78 valence electrons. The van der Waals surface area contributed by atoms with Gasteiger partial charge in [-0.05, 0) is 22.9 Å². The SMILES string of the molecule is CC(CCl)NC(=O)c1cnn(C)c1Br. The molecule has 1 atom stereocenters. The van der Waals surface area contributed by atoms with E-state index in [1.807, 2.05) is 6.92 Å². The Hall–Kier alpha value is -0.550. The lowest BCUT2D eigenvalue weighted by molar-refractivity contribution is 0.0942. The predicted molar refractivity (Wildman–Crippen MR) is 58.6 cm³/mol. The van der Waals surface area contributed by atoms with E-state index in [2.05, 4.69) is 26.3 Å². The molecule has 1 N–H and O–H groups in total. The zero-order valence-corrected chi connectivity index (χ0v) is 10.3. The Balaban J connectivity index is 2.75. The van der Waals surface area contributed by atoms with Crippen LogP contribution < -0.4 is 5.32 Å². The van der Waals surface area contributed by atoms with Gasteiger partial charge in [0.1, 0.15) is 4.60 Å². The van der Waals surface area contributed by atoms with Crippen molar-refractivity contribution in [2.45, 2.75) is 13.0 Å². The maximum absolute atomic E-state index is 11.6. The Morgan fingerprint density at radius 1 is 1.86 bits per heavy atom. The first-order valence-electron chi connectivity index (χ1n) is 4.10. The quantitative estimate of drug-likeness (QED) is 0.854. The second kappa shape index (κ2) is 4.79. The van der Waals surface area contributed by atoms with Gasteiger partial charge in [0.2, 0.25) is 0 Å². The van der Waals surface area contributed by atoms with E-state index in [1.165, 1.54) is 6.20 Å². The second-order valence-electron chi connectivity index (χ2n) is 3.00. The minimum absolute atomic E-state index is 0.0451. The first-order chi connectivity index (χ1) is 6.56. The smallest absolute Gasteiger partial charge is 0.255 e. The third-order valence-electron chi connectivity index (χ3n) is 1.72. The van der Waals surface area contributed by atoms with Crippen molar-refractivity contribution in [3.05, 3.63) is 16.4 Å². The van der Waals surface area contributed by atoms with Crippen molar-refractivity contribution in [2.75, 3.05) is 5.88 Å². The van der Waals surface area contributed by atoms with Gasteiger partial charge in [-0.3, -0.25) is 9.48 Å². The molecule has 14 heavy (non-hydrogen) atoms. The number of halogens is 2. The van der Waals surface area contributed by atoms with Crippen molar-refractivity contribution < 1.29 is 4.79 Å². The molecule has 6 heteroatoms. The van der Waals surface area contributed by atoms with Crippen molar-refractivity contribution in [1.82, 2.24) is 15.1 Å². The molecule has 0 aliphatic carbocycles. The first-order valence-corrected chi connectivity index (χ1v) is 5.43. The number of alkyl halides is 1. The normalized spacial score (nSPS) is 12.6. The number of aromatic nitrogens is 2. The minimum atomic E-state index is -0.168. The van der Waals surface area contributed by atoms with Crippen LogP contribution in [-0.2, 0) is 7.05 Å². The van der Waals surface area contributed by atoms with Crippen molar-refractivity contribution in [2.24, 2.45) is 7.05 Å². The van der Waals surface area contributed by atoms with Gasteiger partial charge in [0.15, 0.2) is 0 Å². The molecule has 4 nitrogen and oxygen atoms in total. The number of hydrogen-bond acceptors (Lipinski definition) is 2. The Kier molecular flexibility index (Phi) is 3.95. The van der Waals surface area contributed by atoms with Crippen LogP contribution in [0.2, 0.25) is 0 Å². The second-order valence-corrected chi connectivity index (χ2v) is 4.06. The average molecular weight is 281 g/mol. The highest BCUT2D eigenvalue weighted by Gasteiger charge is 2.15. The van der Waals surface area contributed by atoms with Crippen molar-refractivity contribution >= 4 is 33.4 Å². The molecule has 1 heterocycles. The summed E-state index contributed by atoms with van der Waals surface area (Å²) in [5.41, 5.74) is 0.518. The van der Waals surface area contributed by atoms with E-state index in [-0.39, 0.29) is 11.9 Å². The third kappa shape index (κ3) is 2.48. The highest BCUT2D eigenvalue weighted by atomic mass is 79.9. The number of hydrogen-bond donors (Lipinski definition) is 1. The van der Waals surface area contributed by atoms with E-state index in [1.54, 1.807) is 11.7 Å². The molecular weight excluding hydrogens is 269 g/mol. The van der Waals surface area contributed by atoms with Crippen LogP contribution in [-0.4, -0.2) is 27.6 Å². The average Bonchev–Trinajstić information content (AvgIpc) is 2.47. The summed E-state index contributed by atoms with van der Waals surface area (Å²) in [6.45, 7) is 1.84. The summed E-state index contributed by atoms with van der Waals surface area (Å²) in [5, 5.41) is 6.69. The summed E-state index contributed by atoms with van der Waals surface area (Å²) in [7, 11) is 1.76. The Morgan fingerprint density at radius 2 is 2.50 bits per heavy atom. The standard InChI is InChI=1S/C8H11BrClN3O/c1-5(3-10)12-8(14)6-4-11-13(2)7(6)9/h4-5H,3H2,1-2H3,(H,12,14). The molecule has 1 rings (SSSR count). The molecule has 0 fully saturated rings. The van der Waals surface area contributed by atoms with Crippen LogP contribution in [0, 0.1) is 0 Å². The van der Waals surface area contributed by atoms with Crippen LogP contribution in [0.4, 0.5) is 0 Å². The van der Waals surface area contributed by atoms with E-state index in [9.17, 15) is 4.79 Å². The van der Waals surface area contributed by atoms with Crippen LogP contribution in [0.25, 0.3) is 0 Å². The van der Waals surface area contributed by atoms with Crippen LogP contribution in [0.15, 0.2) is 10.8 Å². The molecule has 0 aliphatic heterocycles. The first kappa shape index (κ1) is 11.5. The fourth-order valence-corrected chi connectivity index (χ4v) is 1.37. The van der Waals surface area contributed by atoms with Gasteiger partial charge in [-0.1, -0.05) is 0 Å². The monoisotopic (exact) mass is 279 g/mol. The van der Waals surface area contributed by atoms with E-state index < -0.39 is 0 Å². The lowest BCUT2D eigenvalue weighted by Gasteiger charge is -2.09. The molecule has 0 aromatic carbocycles. The number of nitrogens with zero attached hydrogens (tertiary/aromatic N) is 2. The molecule has 0 spiro atoms. The molecule has 0 saturated carbocycles. The van der Waals surface area contributed by atoms with Crippen LogP contribution >= 0.6 is 27.5 Å². The number of carbonyl (C=O) groups excluding carboxylic acids is 1. The van der Waals surface area contributed by atoms with E-state index in [0.717, 1.165) is 0 Å². The summed E-state index contributed by atoms with van der Waals surface area (Å²) in [6.07, 6.45) is 1.51. The van der Waals surface area contributed by atoms with Gasteiger partial charge in [0.05, 0.1) is 11.8 Å². The zero-order chi connectivity index (χ0) is 10.7. The van der Waals surface area contributed by atoms with Crippen molar-refractivity contribution in [1.29, 1.82) is 0 Å². The van der Waals surface area contributed by atoms with Crippen LogP contribution in [0.5, 0.6) is 0 Å². The lowest BCUT2D eigenvalue weighted by atomic mass is 10.3. The highest BCUT2D eigenvalue weighted by Crippen LogP contribution is 2.14. The largest absolute Gasteiger partial charge is 0.348 e. The molecule has 0 aliphatic rings. The van der Waals surface area contributed by atoms with Gasteiger partial charge in [-0.2, -0.15) is 5.10 Å². The molecule has 1 amide bonds. The summed E-state index contributed by atoms with van der Waals surface area (Å²) in [5.74, 6) is 0.224. The fraction of sp³-hybridized carbons (Fsp3) is 0.500. The number of aryl methyl sites for hydroxylation is 1. The molecule has 1 unspecified atom stereocenters. The summed E-state index contributed by atoms with van der Waals surface area (Å²) in [4.78, 5) is 11.6. The Labute approximate surface area is 95.7 Å². The van der Waals surface area contributed by atoms with Crippen molar-refractivity contribution in [3.8, 4) is 0 Å². The van der Waals surface area contributed by atoms with Gasteiger partial charge in [-0.15, -0.1) is 11.6 Å². The number of carbonyl (C=O) groups is 1. The van der Waals surface area contributed by atoms with Crippen molar-refractivity contribution in [3.63, 3.8) is 0 Å². The maximum atomic E-state index is 11.6. The van der Waals surface area contributed by atoms with Gasteiger partial charge in [-0.25, -0.2) is 0 Å². The fourth-order valence-electron chi connectivity index (χ4n) is 0.915. The van der Waals surface area contributed by atoms with E-state index in [4.69, 9.17) is 11.6 Å². The molecule has 0 saturated heterocycles. The lowest BCUT2D eigenvalue weighted by Crippen LogP contribution is -2.33. The van der Waals surface area contributed by atoms with E-state index in [0.29, 0.717) is 16.0 Å². The van der Waals surface area contributed by atoms with E-state index >= 15 is 0 Å². The number of amides is 1. The van der Waals surface area contributed by atoms with Gasteiger partial charge in [0, 0.05) is 19.0 Å². The van der Waals surface area contributed by atoms with Gasteiger partial charge >= 0.3 is 0 Å². The Morgan fingerprint density at radius 3 is 2.93 bits per heavy atom. The molecular formula is C8H11BrClN3O. The predicted octanol–water partition coefficient (Wildman–Crippen LogP) is 1.54. The Bertz CT molecular complexity index is 339. The summed E-state index contributed by atoms with van der Waals surface area (Å²) in [6, 6.07) is -0.0451. The van der Waals surface area contributed by atoms with Gasteiger partial charge < -0.3 is 5.32 Å². The third-order valence-corrected chi connectivity index (χ3v) is 3.12. The topological polar surface area (TPSA) is 46.9 Å². The van der Waals surface area contributed by atoms with Crippen LogP contribution in [0.3, 0.4) is 0 Å². The summed E-state index contributed by atoms with van der Waals surface area (Å²) >= 11 is 8.85. The maximum Gasteiger partial charge on any atom is 0.255 e. The molecule has 1 aromatic heterocycles. The molecule has 0 radical (unpaired) electrons. The highest BCUT2D eigenvalue weighted by molar-refractivity contribution is 9.10. The van der Waals surface area contributed by atoms with Gasteiger partial charge in [0.25, 0.3) is 5.91 Å². The number of nitrogens with one attached hydrogen (secondary N) is 1. The summed E-state index contributed by atoms with van der Waals surface area (Å²) < 4.78 is 2.25. The minimum Gasteiger partial charge on any atom is -0.348 e. The molecule has 0 bridgehead atoms.